The van der Waals surface area contributed by atoms with Crippen molar-refractivity contribution in [3.63, 3.8) is 0 Å². The van der Waals surface area contributed by atoms with E-state index in [1.54, 1.807) is 7.11 Å². The maximum absolute atomic E-state index is 5.16. The molecule has 0 aliphatic carbocycles. The molecule has 0 heterocycles. The average molecular weight is 221 g/mol. The maximum atomic E-state index is 5.16. The lowest BCUT2D eigenvalue weighted by Gasteiger charge is -2.16. The lowest BCUT2D eigenvalue weighted by atomic mass is 10.1. The van der Waals surface area contributed by atoms with E-state index in [1.165, 1.54) is 11.1 Å². The van der Waals surface area contributed by atoms with Gasteiger partial charge in [-0.3, -0.25) is 0 Å². The third-order valence-electron chi connectivity index (χ3n) is 2.95. The van der Waals surface area contributed by atoms with Gasteiger partial charge in [0.15, 0.2) is 0 Å². The van der Waals surface area contributed by atoms with Crippen LogP contribution in [-0.4, -0.2) is 26.3 Å². The summed E-state index contributed by atoms with van der Waals surface area (Å²) in [6.45, 7) is 6.17. The molecule has 0 aromatic heterocycles. The topological polar surface area (TPSA) is 21.3 Å². The first-order chi connectivity index (χ1) is 7.77. The van der Waals surface area contributed by atoms with Gasteiger partial charge in [0.05, 0.1) is 6.61 Å². The normalized spacial score (nSPS) is 12.7. The van der Waals surface area contributed by atoms with E-state index in [4.69, 9.17) is 4.74 Å². The van der Waals surface area contributed by atoms with Crippen LogP contribution in [0.5, 0.6) is 0 Å². The highest BCUT2D eigenvalue weighted by molar-refractivity contribution is 5.25. The zero-order chi connectivity index (χ0) is 11.8. The Morgan fingerprint density at radius 3 is 2.69 bits per heavy atom. The summed E-state index contributed by atoms with van der Waals surface area (Å²) < 4.78 is 5.16. The van der Waals surface area contributed by atoms with Crippen LogP contribution in [0.1, 0.15) is 24.5 Å². The Labute approximate surface area is 99.0 Å². The first kappa shape index (κ1) is 13.2. The van der Waals surface area contributed by atoms with Crippen LogP contribution in [0.25, 0.3) is 0 Å². The van der Waals surface area contributed by atoms with Crippen molar-refractivity contribution in [1.29, 1.82) is 0 Å². The number of aryl methyl sites for hydroxylation is 1. The molecule has 0 saturated carbocycles. The van der Waals surface area contributed by atoms with E-state index < -0.39 is 0 Å². The molecule has 0 radical (unpaired) electrons. The van der Waals surface area contributed by atoms with E-state index in [0.717, 1.165) is 26.0 Å². The zero-order valence-corrected chi connectivity index (χ0v) is 10.6. The predicted molar refractivity (Wildman–Crippen MR) is 68.8 cm³/mol. The minimum atomic E-state index is 0.481. The van der Waals surface area contributed by atoms with Crippen molar-refractivity contribution in [2.75, 3.05) is 20.3 Å². The van der Waals surface area contributed by atoms with Crippen LogP contribution in [-0.2, 0) is 11.2 Å². The fourth-order valence-corrected chi connectivity index (χ4v) is 1.82. The van der Waals surface area contributed by atoms with Gasteiger partial charge in [-0.25, -0.2) is 0 Å². The van der Waals surface area contributed by atoms with Crippen molar-refractivity contribution in [3.8, 4) is 0 Å². The maximum Gasteiger partial charge on any atom is 0.0615 e. The lowest BCUT2D eigenvalue weighted by Crippen LogP contribution is -2.34. The molecular formula is C14H23NO. The van der Waals surface area contributed by atoms with E-state index in [-0.39, 0.29) is 0 Å². The first-order valence-corrected chi connectivity index (χ1v) is 6.04. The van der Waals surface area contributed by atoms with Crippen LogP contribution in [0.15, 0.2) is 24.3 Å². The number of hydrogen-bond acceptors (Lipinski definition) is 2. The smallest absolute Gasteiger partial charge is 0.0615 e. The fraction of sp³-hybridized carbons (Fsp3) is 0.571. The minimum Gasteiger partial charge on any atom is -0.383 e. The summed E-state index contributed by atoms with van der Waals surface area (Å²) in [6.07, 6.45) is 2.20. The van der Waals surface area contributed by atoms with Crippen LogP contribution in [0, 0.1) is 6.92 Å². The van der Waals surface area contributed by atoms with Crippen LogP contribution in [0.3, 0.4) is 0 Å². The van der Waals surface area contributed by atoms with Crippen molar-refractivity contribution in [2.24, 2.45) is 0 Å². The van der Waals surface area contributed by atoms with Gasteiger partial charge in [-0.15, -0.1) is 0 Å². The molecule has 16 heavy (non-hydrogen) atoms. The molecule has 0 saturated heterocycles. The molecule has 0 amide bonds. The Morgan fingerprint density at radius 2 is 2.06 bits per heavy atom. The molecule has 0 spiro atoms. The highest BCUT2D eigenvalue weighted by Crippen LogP contribution is 2.07. The molecule has 0 aliphatic rings. The van der Waals surface area contributed by atoms with Gasteiger partial charge >= 0.3 is 0 Å². The molecule has 1 atom stereocenters. The molecule has 1 aromatic carbocycles. The molecule has 2 heteroatoms. The Kier molecular flexibility index (Phi) is 6.12. The van der Waals surface area contributed by atoms with Crippen molar-refractivity contribution >= 4 is 0 Å². The van der Waals surface area contributed by atoms with Crippen LogP contribution < -0.4 is 5.32 Å². The molecule has 0 bridgehead atoms. The fourth-order valence-electron chi connectivity index (χ4n) is 1.82. The third kappa shape index (κ3) is 4.33. The molecular weight excluding hydrogens is 198 g/mol. The van der Waals surface area contributed by atoms with Crippen molar-refractivity contribution in [3.05, 3.63) is 35.4 Å². The summed E-state index contributed by atoms with van der Waals surface area (Å²) in [5.74, 6) is 0. The summed E-state index contributed by atoms with van der Waals surface area (Å²) in [5, 5.41) is 3.52. The average Bonchev–Trinajstić information content (AvgIpc) is 2.30. The third-order valence-corrected chi connectivity index (χ3v) is 2.95. The number of methoxy groups -OCH3 is 1. The highest BCUT2D eigenvalue weighted by Gasteiger charge is 2.04. The van der Waals surface area contributed by atoms with E-state index in [0.29, 0.717) is 6.04 Å². The largest absolute Gasteiger partial charge is 0.383 e. The summed E-state index contributed by atoms with van der Waals surface area (Å²) in [7, 11) is 1.76. The Balaban J connectivity index is 2.32. The van der Waals surface area contributed by atoms with Crippen LogP contribution >= 0.6 is 0 Å². The van der Waals surface area contributed by atoms with Gasteiger partial charge in [0.25, 0.3) is 0 Å². The predicted octanol–water partition coefficient (Wildman–Crippen LogP) is 2.55. The second kappa shape index (κ2) is 7.42. The van der Waals surface area contributed by atoms with E-state index >= 15 is 0 Å². The summed E-state index contributed by atoms with van der Waals surface area (Å²) in [5.41, 5.74) is 2.81. The molecule has 1 rings (SSSR count). The van der Waals surface area contributed by atoms with Crippen molar-refractivity contribution in [2.45, 2.75) is 32.7 Å². The second-order valence-electron chi connectivity index (χ2n) is 4.19. The van der Waals surface area contributed by atoms with Gasteiger partial charge in [0.2, 0.25) is 0 Å². The second-order valence-corrected chi connectivity index (χ2v) is 4.19. The van der Waals surface area contributed by atoms with Crippen LogP contribution in [0.4, 0.5) is 0 Å². The SMILES string of the molecule is CCC(COC)NCCc1ccccc1C. The van der Waals surface area contributed by atoms with Crippen molar-refractivity contribution in [1.82, 2.24) is 5.32 Å². The molecule has 90 valence electrons. The number of nitrogens with one attached hydrogen (secondary N) is 1. The van der Waals surface area contributed by atoms with Crippen molar-refractivity contribution < 1.29 is 4.74 Å². The molecule has 0 fully saturated rings. The number of benzene rings is 1. The number of ether oxygens (including phenoxy) is 1. The monoisotopic (exact) mass is 221 g/mol. The minimum absolute atomic E-state index is 0.481. The van der Waals surface area contributed by atoms with E-state index in [1.807, 2.05) is 0 Å². The summed E-state index contributed by atoms with van der Waals surface area (Å²) in [6, 6.07) is 9.05. The molecule has 1 N–H and O–H groups in total. The molecule has 2 nitrogen and oxygen atoms in total. The van der Waals surface area contributed by atoms with Gasteiger partial charge < -0.3 is 10.1 Å². The standard InChI is InChI=1S/C14H23NO/c1-4-14(11-16-3)15-10-9-13-8-6-5-7-12(13)2/h5-8,14-15H,4,9-11H2,1-3H3. The summed E-state index contributed by atoms with van der Waals surface area (Å²) in [4.78, 5) is 0. The van der Waals surface area contributed by atoms with E-state index in [2.05, 4.69) is 43.4 Å². The highest BCUT2D eigenvalue weighted by atomic mass is 16.5. The van der Waals surface area contributed by atoms with Gasteiger partial charge in [-0.1, -0.05) is 31.2 Å². The van der Waals surface area contributed by atoms with Crippen LogP contribution in [0.2, 0.25) is 0 Å². The quantitative estimate of drug-likeness (QED) is 0.764. The molecule has 1 aromatic rings. The first-order valence-electron chi connectivity index (χ1n) is 6.04. The number of rotatable bonds is 7. The van der Waals surface area contributed by atoms with Gasteiger partial charge in [-0.2, -0.15) is 0 Å². The Morgan fingerprint density at radius 1 is 1.31 bits per heavy atom. The molecule has 0 aliphatic heterocycles. The zero-order valence-electron chi connectivity index (χ0n) is 10.6. The van der Waals surface area contributed by atoms with Gasteiger partial charge in [0, 0.05) is 13.2 Å². The summed E-state index contributed by atoms with van der Waals surface area (Å²) >= 11 is 0. The number of hydrogen-bond donors (Lipinski definition) is 1. The lowest BCUT2D eigenvalue weighted by molar-refractivity contribution is 0.165. The van der Waals surface area contributed by atoms with Gasteiger partial charge in [0.1, 0.15) is 0 Å². The van der Waals surface area contributed by atoms with Gasteiger partial charge in [-0.05, 0) is 37.4 Å². The molecule has 1 unspecified atom stereocenters. The Bertz CT molecular complexity index is 299. The Hall–Kier alpha value is -0.860. The van der Waals surface area contributed by atoms with E-state index in [9.17, 15) is 0 Å².